The molecule has 0 fully saturated rings. The van der Waals surface area contributed by atoms with Crippen LogP contribution < -0.4 is 16.0 Å². The van der Waals surface area contributed by atoms with E-state index in [4.69, 9.17) is 4.74 Å². The van der Waals surface area contributed by atoms with E-state index in [9.17, 15) is 19.1 Å². The number of hydrogen-bond acceptors (Lipinski definition) is 5. The number of hydrogen-bond donors (Lipinski definition) is 2. The second-order valence-electron chi connectivity index (χ2n) is 5.40. The molecule has 0 aliphatic rings. The second kappa shape index (κ2) is 6.81. The van der Waals surface area contributed by atoms with E-state index in [-0.39, 0.29) is 30.1 Å². The van der Waals surface area contributed by atoms with E-state index in [1.54, 1.807) is 0 Å². The maximum Gasteiger partial charge on any atom is 0.329 e. The van der Waals surface area contributed by atoms with Crippen LogP contribution in [0.5, 0.6) is 5.75 Å². The van der Waals surface area contributed by atoms with Gasteiger partial charge in [-0.2, -0.15) is 0 Å². The van der Waals surface area contributed by atoms with Crippen LogP contribution in [0, 0.1) is 5.82 Å². The molecule has 0 saturated carbocycles. The van der Waals surface area contributed by atoms with Crippen LogP contribution in [0.25, 0.3) is 11.2 Å². The van der Waals surface area contributed by atoms with Crippen molar-refractivity contribution in [2.75, 3.05) is 6.61 Å². The molecule has 10 heteroatoms. The summed E-state index contributed by atoms with van der Waals surface area (Å²) in [6.07, 6.45) is -0.963. The van der Waals surface area contributed by atoms with Gasteiger partial charge >= 0.3 is 5.69 Å². The molecule has 2 heterocycles. The first-order chi connectivity index (χ1) is 11.9. The second-order valence-corrected chi connectivity index (χ2v) is 6.11. The molecule has 0 saturated heterocycles. The van der Waals surface area contributed by atoms with Crippen molar-refractivity contribution in [3.8, 4) is 5.75 Å². The summed E-state index contributed by atoms with van der Waals surface area (Å²) in [4.78, 5) is 30.0. The Morgan fingerprint density at radius 2 is 2.04 bits per heavy atom. The molecule has 3 aromatic rings. The van der Waals surface area contributed by atoms with Gasteiger partial charge in [0.05, 0.1) is 6.54 Å². The summed E-state index contributed by atoms with van der Waals surface area (Å²) in [6.45, 7) is -0.0546. The molecule has 1 aromatic carbocycles. The van der Waals surface area contributed by atoms with Crippen molar-refractivity contribution in [3.05, 3.63) is 55.7 Å². The van der Waals surface area contributed by atoms with Gasteiger partial charge in [0.15, 0.2) is 15.9 Å². The Bertz CT molecular complexity index is 1020. The number of ether oxygens (including phenoxy) is 1. The molecule has 2 N–H and O–H groups in total. The maximum atomic E-state index is 12.9. The number of nitrogens with one attached hydrogen (secondary N) is 1. The summed E-state index contributed by atoms with van der Waals surface area (Å²) < 4.78 is 21.2. The molecule has 0 bridgehead atoms. The van der Waals surface area contributed by atoms with Crippen LogP contribution >= 0.6 is 15.9 Å². The van der Waals surface area contributed by atoms with Gasteiger partial charge < -0.3 is 14.4 Å². The first kappa shape index (κ1) is 17.4. The minimum atomic E-state index is -0.963. The van der Waals surface area contributed by atoms with Gasteiger partial charge in [0.25, 0.3) is 5.56 Å². The summed E-state index contributed by atoms with van der Waals surface area (Å²) in [7, 11) is 1.48. The van der Waals surface area contributed by atoms with Crippen molar-refractivity contribution >= 4 is 27.1 Å². The zero-order valence-corrected chi connectivity index (χ0v) is 14.7. The molecule has 132 valence electrons. The molecule has 0 aliphatic carbocycles. The Hall–Kier alpha value is -2.46. The third kappa shape index (κ3) is 3.49. The van der Waals surface area contributed by atoms with Crippen LogP contribution in [0.3, 0.4) is 0 Å². The summed E-state index contributed by atoms with van der Waals surface area (Å²) >= 11 is 3.23. The van der Waals surface area contributed by atoms with Crippen molar-refractivity contribution in [2.45, 2.75) is 12.6 Å². The zero-order valence-electron chi connectivity index (χ0n) is 13.1. The lowest BCUT2D eigenvalue weighted by molar-refractivity contribution is 0.0928. The Labute approximate surface area is 148 Å². The SMILES string of the molecule is Cn1c(=O)[nH]c(=O)c2c1nc(Br)n2CC(O)COc1ccc(F)cc1. The largest absolute Gasteiger partial charge is 0.491 e. The summed E-state index contributed by atoms with van der Waals surface area (Å²) in [5.74, 6) is 0.0294. The molecule has 25 heavy (non-hydrogen) atoms. The van der Waals surface area contributed by atoms with Gasteiger partial charge in [-0.3, -0.25) is 14.3 Å². The average molecular weight is 413 g/mol. The van der Waals surface area contributed by atoms with Crippen molar-refractivity contribution in [3.63, 3.8) is 0 Å². The molecule has 1 atom stereocenters. The highest BCUT2D eigenvalue weighted by molar-refractivity contribution is 9.10. The molecule has 2 aromatic heterocycles. The predicted molar refractivity (Wildman–Crippen MR) is 91.2 cm³/mol. The smallest absolute Gasteiger partial charge is 0.329 e. The fourth-order valence-corrected chi connectivity index (χ4v) is 2.85. The van der Waals surface area contributed by atoms with Crippen LogP contribution in [-0.2, 0) is 13.6 Å². The van der Waals surface area contributed by atoms with E-state index in [2.05, 4.69) is 25.9 Å². The predicted octanol–water partition coefficient (Wildman–Crippen LogP) is 0.765. The number of aliphatic hydroxyl groups excluding tert-OH is 1. The Kier molecular flexibility index (Phi) is 4.73. The highest BCUT2D eigenvalue weighted by Crippen LogP contribution is 2.17. The lowest BCUT2D eigenvalue weighted by Crippen LogP contribution is -2.30. The lowest BCUT2D eigenvalue weighted by Gasteiger charge is -2.14. The van der Waals surface area contributed by atoms with Gasteiger partial charge in [0.1, 0.15) is 24.3 Å². The molecule has 0 aliphatic heterocycles. The van der Waals surface area contributed by atoms with Crippen molar-refractivity contribution < 1.29 is 14.2 Å². The van der Waals surface area contributed by atoms with Crippen molar-refractivity contribution in [1.29, 1.82) is 0 Å². The van der Waals surface area contributed by atoms with Gasteiger partial charge in [-0.05, 0) is 40.2 Å². The first-order valence-electron chi connectivity index (χ1n) is 7.28. The Balaban J connectivity index is 1.81. The Morgan fingerprint density at radius 3 is 2.72 bits per heavy atom. The quantitative estimate of drug-likeness (QED) is 0.602. The number of aryl methyl sites for hydroxylation is 1. The van der Waals surface area contributed by atoms with Crippen LogP contribution in [0.1, 0.15) is 0 Å². The Morgan fingerprint density at radius 1 is 1.36 bits per heavy atom. The van der Waals surface area contributed by atoms with E-state index < -0.39 is 17.4 Å². The third-order valence-corrected chi connectivity index (χ3v) is 4.22. The number of benzene rings is 1. The van der Waals surface area contributed by atoms with Crippen LogP contribution in [0.2, 0.25) is 0 Å². The molecule has 3 rings (SSSR count). The number of nitrogens with zero attached hydrogens (tertiary/aromatic N) is 3. The molecule has 1 unspecified atom stereocenters. The highest BCUT2D eigenvalue weighted by Gasteiger charge is 2.18. The molecule has 8 nitrogen and oxygen atoms in total. The molecular formula is C15H14BrFN4O4. The number of imidazole rings is 1. The van der Waals surface area contributed by atoms with Gasteiger partial charge in [-0.1, -0.05) is 0 Å². The number of aliphatic hydroxyl groups is 1. The van der Waals surface area contributed by atoms with Crippen molar-refractivity contribution in [1.82, 2.24) is 19.1 Å². The highest BCUT2D eigenvalue weighted by atomic mass is 79.9. The van der Waals surface area contributed by atoms with Gasteiger partial charge in [-0.15, -0.1) is 0 Å². The van der Waals surface area contributed by atoms with Crippen LogP contribution in [-0.4, -0.2) is 36.9 Å². The maximum absolute atomic E-state index is 12.9. The number of halogens is 2. The number of fused-ring (bicyclic) bond motifs is 1. The van der Waals surface area contributed by atoms with Gasteiger partial charge in [0, 0.05) is 7.05 Å². The number of rotatable bonds is 5. The van der Waals surface area contributed by atoms with E-state index in [0.717, 1.165) is 0 Å². The van der Waals surface area contributed by atoms with Crippen LogP contribution in [0.15, 0.2) is 38.6 Å². The van der Waals surface area contributed by atoms with Crippen molar-refractivity contribution in [2.24, 2.45) is 7.05 Å². The standard InChI is InChI=1S/C15H14BrFN4O4/c1-20-12-11(13(23)19-15(20)24)21(14(16)18-12)6-9(22)7-25-10-4-2-8(17)3-5-10/h2-5,9,22H,6-7H2,1H3,(H,19,23,24). The number of aromatic amines is 1. The molecular weight excluding hydrogens is 399 g/mol. The zero-order chi connectivity index (χ0) is 18.1. The summed E-state index contributed by atoms with van der Waals surface area (Å²) in [5, 5.41) is 10.2. The topological polar surface area (TPSA) is 102 Å². The van der Waals surface area contributed by atoms with Crippen LogP contribution in [0.4, 0.5) is 4.39 Å². The van der Waals surface area contributed by atoms with E-state index in [1.165, 1.54) is 40.4 Å². The number of H-pyrrole nitrogens is 1. The summed E-state index contributed by atoms with van der Waals surface area (Å²) in [5.41, 5.74) is -0.806. The van der Waals surface area contributed by atoms with E-state index in [0.29, 0.717) is 10.5 Å². The third-order valence-electron chi connectivity index (χ3n) is 3.61. The minimum absolute atomic E-state index is 0.0135. The monoisotopic (exact) mass is 412 g/mol. The number of aromatic nitrogens is 4. The average Bonchev–Trinajstić information content (AvgIpc) is 2.89. The first-order valence-corrected chi connectivity index (χ1v) is 8.07. The fourth-order valence-electron chi connectivity index (χ4n) is 2.36. The van der Waals surface area contributed by atoms with E-state index >= 15 is 0 Å². The minimum Gasteiger partial charge on any atom is -0.491 e. The normalized spacial score (nSPS) is 12.5. The molecule has 0 amide bonds. The van der Waals surface area contributed by atoms with E-state index in [1.807, 2.05) is 0 Å². The molecule has 0 radical (unpaired) electrons. The lowest BCUT2D eigenvalue weighted by atomic mass is 10.3. The van der Waals surface area contributed by atoms with Gasteiger partial charge in [-0.25, -0.2) is 14.2 Å². The summed E-state index contributed by atoms with van der Waals surface area (Å²) in [6, 6.07) is 5.40. The molecule has 0 spiro atoms. The van der Waals surface area contributed by atoms with Gasteiger partial charge in [0.2, 0.25) is 0 Å². The fraction of sp³-hybridized carbons (Fsp3) is 0.267.